The molecule has 0 N–H and O–H groups in total. The molecular weight excluding hydrogens is 340 g/mol. The van der Waals surface area contributed by atoms with Crippen LogP contribution in [0.3, 0.4) is 0 Å². The van der Waals surface area contributed by atoms with Crippen LogP contribution in [0.15, 0.2) is 46.9 Å². The fourth-order valence-corrected chi connectivity index (χ4v) is 2.76. The zero-order valence-corrected chi connectivity index (χ0v) is 14.4. The summed E-state index contributed by atoms with van der Waals surface area (Å²) in [5.74, 6) is 0.795. The lowest BCUT2D eigenvalue weighted by atomic mass is 10.1. The first-order valence-corrected chi connectivity index (χ1v) is 8.41. The molecule has 0 unspecified atom stereocenters. The van der Waals surface area contributed by atoms with Crippen molar-refractivity contribution in [3.8, 4) is 5.75 Å². The molecule has 0 fully saturated rings. The first-order chi connectivity index (χ1) is 10.7. The topological polar surface area (TPSA) is 26.3 Å². The fraction of sp³-hybridized carbons (Fsp3) is 0.316. The molecule has 2 nitrogen and oxygen atoms in total. The summed E-state index contributed by atoms with van der Waals surface area (Å²) in [6.45, 7) is 2.81. The maximum absolute atomic E-state index is 10.7. The van der Waals surface area contributed by atoms with E-state index in [0.29, 0.717) is 12.2 Å². The molecule has 22 heavy (non-hydrogen) atoms. The predicted octanol–water partition coefficient (Wildman–Crippen LogP) is 5.36. The van der Waals surface area contributed by atoms with Crippen LogP contribution in [0.1, 0.15) is 40.7 Å². The van der Waals surface area contributed by atoms with Crippen LogP contribution in [0.4, 0.5) is 0 Å². The molecule has 0 aliphatic rings. The van der Waals surface area contributed by atoms with Crippen molar-refractivity contribution < 1.29 is 9.53 Å². The minimum absolute atomic E-state index is 0.650. The Balaban J connectivity index is 1.65. The highest BCUT2D eigenvalue weighted by Crippen LogP contribution is 2.25. The number of rotatable bonds is 8. The Kier molecular flexibility index (Phi) is 6.66. The quantitative estimate of drug-likeness (QED) is 0.467. The molecule has 0 amide bonds. The van der Waals surface area contributed by atoms with Crippen molar-refractivity contribution in [3.05, 3.63) is 63.6 Å². The summed E-state index contributed by atoms with van der Waals surface area (Å²) in [6.07, 6.45) is 5.32. The van der Waals surface area contributed by atoms with Gasteiger partial charge in [0.05, 0.1) is 11.1 Å². The number of ether oxygens (including phenoxy) is 1. The van der Waals surface area contributed by atoms with Crippen LogP contribution >= 0.6 is 15.9 Å². The lowest BCUT2D eigenvalue weighted by Crippen LogP contribution is -1.99. The maximum Gasteiger partial charge on any atom is 0.150 e. The van der Waals surface area contributed by atoms with Crippen molar-refractivity contribution in [2.45, 2.75) is 32.6 Å². The number of aldehydes is 1. The molecular formula is C19H21BrO2. The first-order valence-electron chi connectivity index (χ1n) is 7.62. The second-order valence-electron chi connectivity index (χ2n) is 5.45. The minimum atomic E-state index is 0.650. The third-order valence-corrected chi connectivity index (χ3v) is 4.20. The second kappa shape index (κ2) is 8.74. The Bertz CT molecular complexity index is 605. The monoisotopic (exact) mass is 360 g/mol. The Morgan fingerprint density at radius 3 is 2.50 bits per heavy atom. The van der Waals surface area contributed by atoms with Gasteiger partial charge in [0, 0.05) is 5.56 Å². The Labute approximate surface area is 140 Å². The minimum Gasteiger partial charge on any atom is -0.492 e. The predicted molar refractivity (Wildman–Crippen MR) is 93.8 cm³/mol. The molecule has 0 aliphatic heterocycles. The Morgan fingerprint density at radius 2 is 1.82 bits per heavy atom. The largest absolute Gasteiger partial charge is 0.492 e. The molecule has 2 rings (SSSR count). The molecule has 0 saturated carbocycles. The van der Waals surface area contributed by atoms with Gasteiger partial charge in [0.2, 0.25) is 0 Å². The number of hydrogen-bond acceptors (Lipinski definition) is 2. The van der Waals surface area contributed by atoms with Gasteiger partial charge in [0.15, 0.2) is 0 Å². The number of hydrogen-bond donors (Lipinski definition) is 0. The van der Waals surface area contributed by atoms with Gasteiger partial charge in [0.25, 0.3) is 0 Å². The van der Waals surface area contributed by atoms with Crippen LogP contribution in [0.5, 0.6) is 5.75 Å². The van der Waals surface area contributed by atoms with E-state index in [1.54, 1.807) is 12.1 Å². The van der Waals surface area contributed by atoms with Crippen LogP contribution in [0, 0.1) is 6.92 Å². The normalized spacial score (nSPS) is 10.5. The summed E-state index contributed by atoms with van der Waals surface area (Å²) in [5.41, 5.74) is 3.36. The van der Waals surface area contributed by atoms with Gasteiger partial charge < -0.3 is 4.74 Å². The van der Waals surface area contributed by atoms with E-state index in [-0.39, 0.29) is 0 Å². The number of benzene rings is 2. The summed E-state index contributed by atoms with van der Waals surface area (Å²) >= 11 is 3.42. The van der Waals surface area contributed by atoms with Gasteiger partial charge in [0.1, 0.15) is 12.0 Å². The van der Waals surface area contributed by atoms with Crippen molar-refractivity contribution in [2.75, 3.05) is 6.61 Å². The third kappa shape index (κ3) is 5.30. The van der Waals surface area contributed by atoms with Gasteiger partial charge in [-0.2, -0.15) is 0 Å². The highest BCUT2D eigenvalue weighted by Gasteiger charge is 2.02. The van der Waals surface area contributed by atoms with Gasteiger partial charge in [-0.05, 0) is 72.3 Å². The molecule has 116 valence electrons. The maximum atomic E-state index is 10.7. The average Bonchev–Trinajstić information content (AvgIpc) is 2.53. The SMILES string of the molecule is Cc1ccc(CCCCCOc2ccc(C=O)cc2Br)cc1. The van der Waals surface area contributed by atoms with E-state index in [1.165, 1.54) is 17.5 Å². The van der Waals surface area contributed by atoms with Crippen molar-refractivity contribution in [3.63, 3.8) is 0 Å². The Morgan fingerprint density at radius 1 is 1.05 bits per heavy atom. The van der Waals surface area contributed by atoms with Crippen LogP contribution in [-0.4, -0.2) is 12.9 Å². The molecule has 0 aromatic heterocycles. The van der Waals surface area contributed by atoms with Crippen LogP contribution < -0.4 is 4.74 Å². The first kappa shape index (κ1) is 16.8. The zero-order chi connectivity index (χ0) is 15.8. The lowest BCUT2D eigenvalue weighted by molar-refractivity contribution is 0.112. The molecule has 2 aromatic carbocycles. The highest BCUT2D eigenvalue weighted by molar-refractivity contribution is 9.10. The molecule has 0 radical (unpaired) electrons. The zero-order valence-electron chi connectivity index (χ0n) is 12.8. The molecule has 0 heterocycles. The number of aryl methyl sites for hydroxylation is 2. The van der Waals surface area contributed by atoms with E-state index in [0.717, 1.165) is 35.8 Å². The van der Waals surface area contributed by atoms with Crippen molar-refractivity contribution >= 4 is 22.2 Å². The average molecular weight is 361 g/mol. The van der Waals surface area contributed by atoms with Gasteiger partial charge >= 0.3 is 0 Å². The molecule has 0 atom stereocenters. The van der Waals surface area contributed by atoms with Crippen molar-refractivity contribution in [2.24, 2.45) is 0 Å². The molecule has 2 aromatic rings. The summed E-state index contributed by atoms with van der Waals surface area (Å²) in [7, 11) is 0. The number of carbonyl (C=O) groups excluding carboxylic acids is 1. The van der Waals surface area contributed by atoms with E-state index in [1.807, 2.05) is 6.07 Å². The van der Waals surface area contributed by atoms with Gasteiger partial charge in [-0.1, -0.05) is 29.8 Å². The molecule has 0 bridgehead atoms. The highest BCUT2D eigenvalue weighted by atomic mass is 79.9. The van der Waals surface area contributed by atoms with E-state index < -0.39 is 0 Å². The van der Waals surface area contributed by atoms with Crippen LogP contribution in [0.25, 0.3) is 0 Å². The molecule has 3 heteroatoms. The summed E-state index contributed by atoms with van der Waals surface area (Å²) in [6, 6.07) is 14.1. The summed E-state index contributed by atoms with van der Waals surface area (Å²) < 4.78 is 6.57. The van der Waals surface area contributed by atoms with Gasteiger partial charge in [-0.25, -0.2) is 0 Å². The number of unbranched alkanes of at least 4 members (excludes halogenated alkanes) is 2. The van der Waals surface area contributed by atoms with Crippen molar-refractivity contribution in [1.82, 2.24) is 0 Å². The summed E-state index contributed by atoms with van der Waals surface area (Å²) in [5, 5.41) is 0. The van der Waals surface area contributed by atoms with E-state index in [2.05, 4.69) is 47.1 Å². The van der Waals surface area contributed by atoms with Gasteiger partial charge in [-0.3, -0.25) is 4.79 Å². The Hall–Kier alpha value is -1.61. The summed E-state index contributed by atoms with van der Waals surface area (Å²) in [4.78, 5) is 10.7. The number of halogens is 1. The molecule has 0 spiro atoms. The number of carbonyl (C=O) groups is 1. The standard InChI is InChI=1S/C19H21BrO2/c1-15-6-8-16(9-7-15)5-3-2-4-12-22-19-11-10-17(14-21)13-18(19)20/h6-11,13-14H,2-5,12H2,1H3. The van der Waals surface area contributed by atoms with E-state index in [9.17, 15) is 4.79 Å². The van der Waals surface area contributed by atoms with Gasteiger partial charge in [-0.15, -0.1) is 0 Å². The smallest absolute Gasteiger partial charge is 0.150 e. The third-order valence-electron chi connectivity index (χ3n) is 3.58. The fourth-order valence-electron chi connectivity index (χ4n) is 2.25. The van der Waals surface area contributed by atoms with E-state index in [4.69, 9.17) is 4.74 Å². The lowest BCUT2D eigenvalue weighted by Gasteiger charge is -2.08. The van der Waals surface area contributed by atoms with Crippen molar-refractivity contribution in [1.29, 1.82) is 0 Å². The van der Waals surface area contributed by atoms with E-state index >= 15 is 0 Å². The molecule has 0 aliphatic carbocycles. The second-order valence-corrected chi connectivity index (χ2v) is 6.31. The van der Waals surface area contributed by atoms with Crippen LogP contribution in [0.2, 0.25) is 0 Å². The molecule has 0 saturated heterocycles. The van der Waals surface area contributed by atoms with Crippen LogP contribution in [-0.2, 0) is 6.42 Å².